The Balaban J connectivity index is 2.87. The summed E-state index contributed by atoms with van der Waals surface area (Å²) in [6.45, 7) is 6.19. The molecule has 4 N–H and O–H groups in total. The van der Waals surface area contributed by atoms with E-state index in [-0.39, 0.29) is 17.3 Å². The fourth-order valence-electron chi connectivity index (χ4n) is 0.908. The Morgan fingerprint density at radius 2 is 2.14 bits per heavy atom. The van der Waals surface area contributed by atoms with Gasteiger partial charge in [0.25, 0.3) is 5.56 Å². The quantitative estimate of drug-likeness (QED) is 0.668. The monoisotopic (exact) mass is 196 g/mol. The third-order valence-electron chi connectivity index (χ3n) is 2.25. The Hall–Kier alpha value is -1.52. The molecule has 1 aromatic rings. The number of anilines is 2. The molecule has 0 spiro atoms. The van der Waals surface area contributed by atoms with E-state index < -0.39 is 0 Å². The first kappa shape index (κ1) is 10.6. The van der Waals surface area contributed by atoms with E-state index in [0.29, 0.717) is 11.7 Å². The lowest BCUT2D eigenvalue weighted by molar-refractivity contribution is 0.558. The predicted molar refractivity (Wildman–Crippen MR) is 57.2 cm³/mol. The summed E-state index contributed by atoms with van der Waals surface area (Å²) in [6, 6.07) is 0.228. The van der Waals surface area contributed by atoms with Crippen molar-refractivity contribution in [2.24, 2.45) is 5.92 Å². The molecule has 1 heterocycles. The summed E-state index contributed by atoms with van der Waals surface area (Å²) in [7, 11) is 0. The van der Waals surface area contributed by atoms with E-state index in [1.807, 2.05) is 6.92 Å². The Bertz CT molecular complexity index is 358. The van der Waals surface area contributed by atoms with E-state index in [1.165, 1.54) is 6.33 Å². The van der Waals surface area contributed by atoms with Crippen LogP contribution in [0.1, 0.15) is 20.8 Å². The van der Waals surface area contributed by atoms with Crippen LogP contribution >= 0.6 is 0 Å². The summed E-state index contributed by atoms with van der Waals surface area (Å²) >= 11 is 0. The Morgan fingerprint density at radius 1 is 1.50 bits per heavy atom. The number of nitrogens with zero attached hydrogens (tertiary/aromatic N) is 1. The van der Waals surface area contributed by atoms with Crippen molar-refractivity contribution in [1.82, 2.24) is 9.97 Å². The van der Waals surface area contributed by atoms with Gasteiger partial charge in [0, 0.05) is 6.04 Å². The van der Waals surface area contributed by atoms with Crippen LogP contribution in [0.5, 0.6) is 0 Å². The Labute approximate surface area is 82.7 Å². The molecule has 5 heteroatoms. The molecule has 1 atom stereocenters. The third-order valence-corrected chi connectivity index (χ3v) is 2.25. The molecule has 0 fully saturated rings. The van der Waals surface area contributed by atoms with Crippen LogP contribution in [0.25, 0.3) is 0 Å². The molecule has 14 heavy (non-hydrogen) atoms. The summed E-state index contributed by atoms with van der Waals surface area (Å²) in [5, 5.41) is 3.09. The van der Waals surface area contributed by atoms with Gasteiger partial charge in [-0.25, -0.2) is 4.98 Å². The molecule has 1 unspecified atom stereocenters. The smallest absolute Gasteiger partial charge is 0.276 e. The minimum Gasteiger partial charge on any atom is -0.391 e. The number of nitrogens with two attached hydrogens (primary N) is 1. The third kappa shape index (κ3) is 2.25. The number of rotatable bonds is 3. The van der Waals surface area contributed by atoms with Crippen LogP contribution in [-0.2, 0) is 0 Å². The van der Waals surface area contributed by atoms with Crippen LogP contribution in [0.2, 0.25) is 0 Å². The highest BCUT2D eigenvalue weighted by molar-refractivity contribution is 5.59. The highest BCUT2D eigenvalue weighted by Gasteiger charge is 2.10. The predicted octanol–water partition coefficient (Wildman–Crippen LogP) is 0.808. The second-order valence-corrected chi connectivity index (χ2v) is 3.67. The van der Waals surface area contributed by atoms with Crippen LogP contribution in [0.3, 0.4) is 0 Å². The van der Waals surface area contributed by atoms with Crippen molar-refractivity contribution in [1.29, 1.82) is 0 Å². The molecule has 0 radical (unpaired) electrons. The lowest BCUT2D eigenvalue weighted by Crippen LogP contribution is -2.25. The molecule has 0 bridgehead atoms. The number of nitrogen functional groups attached to an aromatic ring is 1. The molecule has 1 aromatic heterocycles. The molecule has 5 nitrogen and oxygen atoms in total. The average molecular weight is 196 g/mol. The lowest BCUT2D eigenvalue weighted by Gasteiger charge is -2.18. The first-order valence-electron chi connectivity index (χ1n) is 4.62. The van der Waals surface area contributed by atoms with Crippen molar-refractivity contribution in [2.45, 2.75) is 26.8 Å². The molecule has 0 aliphatic rings. The second-order valence-electron chi connectivity index (χ2n) is 3.67. The van der Waals surface area contributed by atoms with E-state index in [0.717, 1.165) is 0 Å². The highest BCUT2D eigenvalue weighted by atomic mass is 16.1. The summed E-state index contributed by atoms with van der Waals surface area (Å²) < 4.78 is 0. The van der Waals surface area contributed by atoms with E-state index in [2.05, 4.69) is 29.1 Å². The van der Waals surface area contributed by atoms with Gasteiger partial charge in [0.2, 0.25) is 0 Å². The van der Waals surface area contributed by atoms with Gasteiger partial charge in [-0.2, -0.15) is 0 Å². The molecule has 0 saturated heterocycles. The van der Waals surface area contributed by atoms with Gasteiger partial charge in [-0.05, 0) is 12.8 Å². The van der Waals surface area contributed by atoms with Crippen LogP contribution < -0.4 is 16.6 Å². The zero-order valence-electron chi connectivity index (χ0n) is 8.66. The van der Waals surface area contributed by atoms with Crippen LogP contribution in [0.4, 0.5) is 11.5 Å². The normalized spacial score (nSPS) is 12.9. The van der Waals surface area contributed by atoms with Gasteiger partial charge >= 0.3 is 0 Å². The fourth-order valence-corrected chi connectivity index (χ4v) is 0.908. The number of nitrogens with one attached hydrogen (secondary N) is 2. The van der Waals surface area contributed by atoms with Gasteiger partial charge in [-0.3, -0.25) is 4.79 Å². The standard InChI is InChI=1S/C9H16N4O/c1-5(2)6(3)13-8-7(10)9(14)12-4-11-8/h4-6H,10H2,1-3H3,(H2,11,12,13,14). The van der Waals surface area contributed by atoms with E-state index in [4.69, 9.17) is 5.73 Å². The summed E-state index contributed by atoms with van der Waals surface area (Å²) in [5.41, 5.74) is 5.39. The number of hydrogen-bond donors (Lipinski definition) is 3. The van der Waals surface area contributed by atoms with Crippen molar-refractivity contribution in [3.05, 3.63) is 16.7 Å². The zero-order chi connectivity index (χ0) is 10.7. The van der Waals surface area contributed by atoms with Crippen molar-refractivity contribution < 1.29 is 0 Å². The SMILES string of the molecule is CC(C)C(C)Nc1nc[nH]c(=O)c1N. The molecule has 0 aromatic carbocycles. The highest BCUT2D eigenvalue weighted by Crippen LogP contribution is 2.12. The maximum atomic E-state index is 11.1. The number of hydrogen-bond acceptors (Lipinski definition) is 4. The molecule has 0 aliphatic carbocycles. The first-order valence-corrected chi connectivity index (χ1v) is 4.62. The number of aromatic amines is 1. The molecular formula is C9H16N4O. The van der Waals surface area contributed by atoms with Crippen LogP contribution in [-0.4, -0.2) is 16.0 Å². The molecule has 0 saturated carbocycles. The van der Waals surface area contributed by atoms with Crippen LogP contribution in [0.15, 0.2) is 11.1 Å². The van der Waals surface area contributed by atoms with Gasteiger partial charge in [-0.1, -0.05) is 13.8 Å². The molecule has 1 rings (SSSR count). The van der Waals surface area contributed by atoms with Crippen molar-refractivity contribution >= 4 is 11.5 Å². The lowest BCUT2D eigenvalue weighted by atomic mass is 10.1. The maximum absolute atomic E-state index is 11.1. The topological polar surface area (TPSA) is 83.8 Å². The van der Waals surface area contributed by atoms with Crippen molar-refractivity contribution in [3.63, 3.8) is 0 Å². The number of H-pyrrole nitrogens is 1. The van der Waals surface area contributed by atoms with Crippen molar-refractivity contribution in [2.75, 3.05) is 11.1 Å². The Kier molecular flexibility index (Phi) is 3.11. The molecule has 0 aliphatic heterocycles. The molecule has 0 amide bonds. The van der Waals surface area contributed by atoms with Gasteiger partial charge in [0.1, 0.15) is 5.69 Å². The summed E-state index contributed by atoms with van der Waals surface area (Å²) in [5.74, 6) is 0.908. The van der Waals surface area contributed by atoms with Gasteiger partial charge in [0.05, 0.1) is 6.33 Å². The Morgan fingerprint density at radius 3 is 2.71 bits per heavy atom. The summed E-state index contributed by atoms with van der Waals surface area (Å²) in [4.78, 5) is 17.5. The zero-order valence-corrected chi connectivity index (χ0v) is 8.66. The van der Waals surface area contributed by atoms with Gasteiger partial charge in [0.15, 0.2) is 5.82 Å². The fraction of sp³-hybridized carbons (Fsp3) is 0.556. The van der Waals surface area contributed by atoms with E-state index >= 15 is 0 Å². The minimum atomic E-state index is -0.307. The summed E-state index contributed by atoms with van der Waals surface area (Å²) in [6.07, 6.45) is 1.34. The van der Waals surface area contributed by atoms with Crippen LogP contribution in [0, 0.1) is 5.92 Å². The second kappa shape index (κ2) is 4.13. The largest absolute Gasteiger partial charge is 0.391 e. The molecule has 78 valence electrons. The van der Waals surface area contributed by atoms with E-state index in [1.54, 1.807) is 0 Å². The van der Waals surface area contributed by atoms with Gasteiger partial charge < -0.3 is 16.0 Å². The average Bonchev–Trinajstić information content (AvgIpc) is 2.12. The molecular weight excluding hydrogens is 180 g/mol. The number of aromatic nitrogens is 2. The first-order chi connectivity index (χ1) is 6.52. The maximum Gasteiger partial charge on any atom is 0.276 e. The van der Waals surface area contributed by atoms with E-state index in [9.17, 15) is 4.79 Å². The van der Waals surface area contributed by atoms with Gasteiger partial charge in [-0.15, -0.1) is 0 Å². The van der Waals surface area contributed by atoms with Crippen molar-refractivity contribution in [3.8, 4) is 0 Å². The minimum absolute atomic E-state index is 0.139.